The van der Waals surface area contributed by atoms with Gasteiger partial charge in [-0.3, -0.25) is 0 Å². The number of hydrogen-bond donors (Lipinski definition) is 1. The van der Waals surface area contributed by atoms with Gasteiger partial charge in [0, 0.05) is 20.4 Å². The van der Waals surface area contributed by atoms with Gasteiger partial charge in [0.05, 0.1) is 5.56 Å². The summed E-state index contributed by atoms with van der Waals surface area (Å²) in [6.45, 7) is 1.80. The van der Waals surface area contributed by atoms with Crippen molar-refractivity contribution in [1.29, 1.82) is 0 Å². The van der Waals surface area contributed by atoms with Crippen molar-refractivity contribution in [3.05, 3.63) is 117 Å². The van der Waals surface area contributed by atoms with E-state index in [1.54, 1.807) is 13.0 Å². The summed E-state index contributed by atoms with van der Waals surface area (Å²) in [4.78, 5) is 11.7. The Morgan fingerprint density at radius 3 is 2.31 bits per heavy atom. The molecule has 0 aliphatic heterocycles. The summed E-state index contributed by atoms with van der Waals surface area (Å²) in [6, 6.07) is 27.4. The molecule has 4 aromatic carbocycles. The van der Waals surface area contributed by atoms with Crippen LogP contribution in [0.4, 0.5) is 0 Å². The topological polar surface area (TPSA) is 50.4 Å². The largest absolute Gasteiger partial charge is 0.478 e. The Morgan fingerprint density at radius 1 is 0.857 bits per heavy atom. The third kappa shape index (κ3) is 4.81. The second-order valence-corrected chi connectivity index (χ2v) is 9.57. The van der Waals surface area contributed by atoms with E-state index in [0.717, 1.165) is 49.0 Å². The first kappa shape index (κ1) is 23.2. The van der Waals surface area contributed by atoms with E-state index < -0.39 is 5.97 Å². The predicted octanol–water partition coefficient (Wildman–Crippen LogP) is 9.36. The molecule has 0 aliphatic rings. The van der Waals surface area contributed by atoms with E-state index in [9.17, 15) is 9.90 Å². The van der Waals surface area contributed by atoms with E-state index >= 15 is 0 Å². The predicted molar refractivity (Wildman–Crippen MR) is 147 cm³/mol. The smallest absolute Gasteiger partial charge is 0.336 e. The van der Waals surface area contributed by atoms with Crippen LogP contribution in [0.15, 0.2) is 93.8 Å². The highest BCUT2D eigenvalue weighted by Crippen LogP contribution is 2.34. The van der Waals surface area contributed by atoms with Crippen LogP contribution in [0.5, 0.6) is 0 Å². The van der Waals surface area contributed by atoms with Crippen LogP contribution in [0.3, 0.4) is 0 Å². The summed E-state index contributed by atoms with van der Waals surface area (Å²) in [5.74, 6) is -0.155. The molecular formula is C30H20BrClO3. The van der Waals surface area contributed by atoms with Crippen LogP contribution in [0, 0.1) is 6.92 Å². The van der Waals surface area contributed by atoms with Crippen LogP contribution in [0.25, 0.3) is 45.6 Å². The van der Waals surface area contributed by atoms with E-state index in [2.05, 4.69) is 28.1 Å². The number of furan rings is 1. The Morgan fingerprint density at radius 2 is 1.57 bits per heavy atom. The molecule has 5 rings (SSSR count). The molecule has 1 N–H and O–H groups in total. The van der Waals surface area contributed by atoms with Gasteiger partial charge in [-0.05, 0) is 65.1 Å². The molecule has 1 aromatic heterocycles. The van der Waals surface area contributed by atoms with Gasteiger partial charge in [-0.15, -0.1) is 0 Å². The quantitative estimate of drug-likeness (QED) is 0.225. The molecule has 0 aliphatic carbocycles. The fourth-order valence-corrected chi connectivity index (χ4v) is 4.75. The van der Waals surface area contributed by atoms with Crippen LogP contribution in [0.2, 0.25) is 5.02 Å². The minimum atomic E-state index is -0.929. The van der Waals surface area contributed by atoms with Gasteiger partial charge in [0.25, 0.3) is 0 Å². The van der Waals surface area contributed by atoms with E-state index in [1.165, 1.54) is 0 Å². The van der Waals surface area contributed by atoms with Crippen LogP contribution < -0.4 is 0 Å². The Labute approximate surface area is 216 Å². The van der Waals surface area contributed by atoms with Crippen molar-refractivity contribution < 1.29 is 14.3 Å². The molecule has 0 bridgehead atoms. The van der Waals surface area contributed by atoms with Crippen molar-refractivity contribution in [2.75, 3.05) is 0 Å². The number of carboxylic acids is 1. The summed E-state index contributed by atoms with van der Waals surface area (Å²) in [5.41, 5.74) is 6.56. The van der Waals surface area contributed by atoms with Gasteiger partial charge in [-0.25, -0.2) is 4.79 Å². The molecule has 5 heteroatoms. The number of aryl methyl sites for hydroxylation is 1. The lowest BCUT2D eigenvalue weighted by molar-refractivity contribution is 0.0696. The molecule has 3 nitrogen and oxygen atoms in total. The maximum absolute atomic E-state index is 11.7. The maximum Gasteiger partial charge on any atom is 0.336 e. The Kier molecular flexibility index (Phi) is 6.33. The second kappa shape index (κ2) is 9.57. The van der Waals surface area contributed by atoms with E-state index in [-0.39, 0.29) is 0 Å². The van der Waals surface area contributed by atoms with Crippen molar-refractivity contribution in [2.45, 2.75) is 6.92 Å². The highest BCUT2D eigenvalue weighted by Gasteiger charge is 2.12. The molecule has 0 fully saturated rings. The number of benzene rings is 4. The summed E-state index contributed by atoms with van der Waals surface area (Å²) in [5, 5.41) is 11.3. The van der Waals surface area contributed by atoms with Crippen molar-refractivity contribution in [3.8, 4) is 22.5 Å². The molecule has 0 atom stereocenters. The summed E-state index contributed by atoms with van der Waals surface area (Å²) in [7, 11) is 0. The number of aromatic carboxylic acids is 1. The fraction of sp³-hybridized carbons (Fsp3) is 0.0333. The molecule has 0 amide bonds. The van der Waals surface area contributed by atoms with Gasteiger partial charge in [0.15, 0.2) is 0 Å². The molecular weight excluding hydrogens is 524 g/mol. The standard InChI is InChI=1S/C30H20BrClO3/c1-18-3-2-4-21(29(18)30(33)34)7-5-20-6-9-23(15-26(20)31)28-17-24-10-8-22(16-27(24)35-28)19-11-13-25(32)14-12-19/h2-17H,1H3,(H,33,34)/b7-5+. The van der Waals surface area contributed by atoms with Gasteiger partial charge in [0.2, 0.25) is 0 Å². The minimum absolute atomic E-state index is 0.316. The summed E-state index contributed by atoms with van der Waals surface area (Å²) in [6.07, 6.45) is 3.74. The molecule has 0 radical (unpaired) electrons. The van der Waals surface area contributed by atoms with Crippen molar-refractivity contribution in [1.82, 2.24) is 0 Å². The zero-order valence-electron chi connectivity index (χ0n) is 18.8. The van der Waals surface area contributed by atoms with Crippen molar-refractivity contribution in [2.24, 2.45) is 0 Å². The third-order valence-corrected chi connectivity index (χ3v) is 6.88. The highest BCUT2D eigenvalue weighted by atomic mass is 79.9. The summed E-state index contributed by atoms with van der Waals surface area (Å²) < 4.78 is 7.08. The Balaban J connectivity index is 1.44. The second-order valence-electron chi connectivity index (χ2n) is 8.28. The van der Waals surface area contributed by atoms with Crippen LogP contribution in [0.1, 0.15) is 27.0 Å². The summed E-state index contributed by atoms with van der Waals surface area (Å²) >= 11 is 9.67. The molecule has 5 aromatic rings. The zero-order chi connectivity index (χ0) is 24.5. The molecule has 0 saturated heterocycles. The van der Waals surface area contributed by atoms with Crippen LogP contribution in [-0.4, -0.2) is 11.1 Å². The molecule has 172 valence electrons. The maximum atomic E-state index is 11.7. The van der Waals surface area contributed by atoms with Gasteiger partial charge in [-0.2, -0.15) is 0 Å². The molecule has 1 heterocycles. The molecule has 0 unspecified atom stereocenters. The van der Waals surface area contributed by atoms with Gasteiger partial charge < -0.3 is 9.52 Å². The number of halogens is 2. The number of carboxylic acid groups (broad SMARTS) is 1. The molecule has 35 heavy (non-hydrogen) atoms. The van der Waals surface area contributed by atoms with Crippen LogP contribution >= 0.6 is 27.5 Å². The van der Waals surface area contributed by atoms with Gasteiger partial charge >= 0.3 is 5.97 Å². The molecule has 0 saturated carbocycles. The number of fused-ring (bicyclic) bond motifs is 1. The first-order valence-corrected chi connectivity index (χ1v) is 12.2. The van der Waals surface area contributed by atoms with Crippen LogP contribution in [-0.2, 0) is 0 Å². The lowest BCUT2D eigenvalue weighted by atomic mass is 10.0. The Bertz CT molecular complexity index is 1600. The van der Waals surface area contributed by atoms with E-state index in [1.807, 2.05) is 78.9 Å². The molecule has 0 spiro atoms. The fourth-order valence-electron chi connectivity index (χ4n) is 4.11. The third-order valence-electron chi connectivity index (χ3n) is 5.94. The lowest BCUT2D eigenvalue weighted by Crippen LogP contribution is -2.02. The van der Waals surface area contributed by atoms with E-state index in [0.29, 0.717) is 16.1 Å². The average molecular weight is 544 g/mol. The monoisotopic (exact) mass is 542 g/mol. The highest BCUT2D eigenvalue weighted by molar-refractivity contribution is 9.10. The van der Waals surface area contributed by atoms with Crippen molar-refractivity contribution >= 4 is 56.6 Å². The van der Waals surface area contributed by atoms with Gasteiger partial charge in [0.1, 0.15) is 11.3 Å². The average Bonchev–Trinajstić information content (AvgIpc) is 3.27. The zero-order valence-corrected chi connectivity index (χ0v) is 21.1. The first-order chi connectivity index (χ1) is 16.9. The number of hydrogen-bond acceptors (Lipinski definition) is 2. The SMILES string of the molecule is Cc1cccc(/C=C/c2ccc(-c3cc4ccc(-c5ccc(Cl)cc5)cc4o3)cc2Br)c1C(=O)O. The van der Waals surface area contributed by atoms with Crippen molar-refractivity contribution in [3.63, 3.8) is 0 Å². The number of rotatable bonds is 5. The normalized spacial score (nSPS) is 11.4. The minimum Gasteiger partial charge on any atom is -0.478 e. The van der Waals surface area contributed by atoms with E-state index in [4.69, 9.17) is 16.0 Å². The number of carbonyl (C=O) groups is 1. The lowest BCUT2D eigenvalue weighted by Gasteiger charge is -2.06. The Hall–Kier alpha value is -3.60. The van der Waals surface area contributed by atoms with Gasteiger partial charge in [-0.1, -0.05) is 94.3 Å². The first-order valence-electron chi connectivity index (χ1n) is 11.0.